The summed E-state index contributed by atoms with van der Waals surface area (Å²) in [4.78, 5) is 15.3. The molecule has 1 N–H and O–H groups in total. The average Bonchev–Trinajstić information content (AvgIpc) is 2.20. The van der Waals surface area contributed by atoms with E-state index < -0.39 is 5.82 Å². The standard InChI is InChI=1S/C11H15FN2O2/c1-7(2)6-9(15)14-10-8(12)4-5-13-11(10)16-3/h4-5,7H,6H2,1-3H3,(H,14,15). The molecule has 0 aliphatic heterocycles. The smallest absolute Gasteiger partial charge is 0.240 e. The van der Waals surface area contributed by atoms with Gasteiger partial charge in [0.15, 0.2) is 5.82 Å². The van der Waals surface area contributed by atoms with Gasteiger partial charge in [0.05, 0.1) is 7.11 Å². The number of anilines is 1. The number of rotatable bonds is 4. The van der Waals surface area contributed by atoms with Crippen molar-refractivity contribution in [3.8, 4) is 5.88 Å². The maximum Gasteiger partial charge on any atom is 0.240 e. The number of nitrogens with one attached hydrogen (secondary N) is 1. The fourth-order valence-electron chi connectivity index (χ4n) is 1.25. The first-order valence-corrected chi connectivity index (χ1v) is 5.03. The van der Waals surface area contributed by atoms with Gasteiger partial charge in [-0.05, 0) is 12.0 Å². The third kappa shape index (κ3) is 3.18. The Kier molecular flexibility index (Phi) is 4.22. The van der Waals surface area contributed by atoms with Crippen LogP contribution in [0.25, 0.3) is 0 Å². The van der Waals surface area contributed by atoms with E-state index in [0.717, 1.165) is 0 Å². The molecule has 0 aromatic carbocycles. The van der Waals surface area contributed by atoms with Crippen molar-refractivity contribution in [1.82, 2.24) is 4.98 Å². The number of hydrogen-bond acceptors (Lipinski definition) is 3. The molecule has 0 spiro atoms. The van der Waals surface area contributed by atoms with E-state index >= 15 is 0 Å². The zero-order valence-corrected chi connectivity index (χ0v) is 9.58. The molecule has 1 aromatic heterocycles. The summed E-state index contributed by atoms with van der Waals surface area (Å²) < 4.78 is 18.3. The van der Waals surface area contributed by atoms with Crippen molar-refractivity contribution in [3.05, 3.63) is 18.1 Å². The average molecular weight is 226 g/mol. The molecule has 0 radical (unpaired) electrons. The summed E-state index contributed by atoms with van der Waals surface area (Å²) in [6.07, 6.45) is 1.61. The predicted octanol–water partition coefficient (Wildman–Crippen LogP) is 2.21. The van der Waals surface area contributed by atoms with Gasteiger partial charge in [-0.25, -0.2) is 9.37 Å². The second kappa shape index (κ2) is 5.44. The summed E-state index contributed by atoms with van der Waals surface area (Å²) in [6, 6.07) is 1.17. The molecule has 0 saturated heterocycles. The fraction of sp³-hybridized carbons (Fsp3) is 0.455. The van der Waals surface area contributed by atoms with Crippen molar-refractivity contribution in [1.29, 1.82) is 0 Å². The van der Waals surface area contributed by atoms with Crippen LogP contribution >= 0.6 is 0 Å². The molecular weight excluding hydrogens is 211 g/mol. The number of halogens is 1. The van der Waals surface area contributed by atoms with Gasteiger partial charge in [0.1, 0.15) is 5.69 Å². The van der Waals surface area contributed by atoms with Crippen LogP contribution < -0.4 is 10.1 Å². The van der Waals surface area contributed by atoms with Crippen LogP contribution in [0.4, 0.5) is 10.1 Å². The van der Waals surface area contributed by atoms with Crippen LogP contribution in [0, 0.1) is 11.7 Å². The molecule has 1 heterocycles. The molecule has 0 aliphatic carbocycles. The number of hydrogen-bond donors (Lipinski definition) is 1. The molecule has 0 bridgehead atoms. The molecule has 88 valence electrons. The van der Waals surface area contributed by atoms with E-state index in [1.165, 1.54) is 19.4 Å². The number of carbonyl (C=O) groups is 1. The molecule has 5 heteroatoms. The largest absolute Gasteiger partial charge is 0.479 e. The zero-order valence-electron chi connectivity index (χ0n) is 9.58. The minimum atomic E-state index is -0.552. The minimum absolute atomic E-state index is 0.00403. The Hall–Kier alpha value is -1.65. The summed E-state index contributed by atoms with van der Waals surface area (Å²) in [6.45, 7) is 3.83. The molecule has 0 saturated carbocycles. The van der Waals surface area contributed by atoms with Crippen molar-refractivity contribution >= 4 is 11.6 Å². The Morgan fingerprint density at radius 2 is 2.31 bits per heavy atom. The van der Waals surface area contributed by atoms with Crippen molar-refractivity contribution in [2.75, 3.05) is 12.4 Å². The van der Waals surface area contributed by atoms with Crippen LogP contribution in [0.3, 0.4) is 0 Å². The maximum absolute atomic E-state index is 13.4. The maximum atomic E-state index is 13.4. The number of amides is 1. The molecule has 1 amide bonds. The van der Waals surface area contributed by atoms with Gasteiger partial charge in [0.25, 0.3) is 0 Å². The van der Waals surface area contributed by atoms with E-state index in [9.17, 15) is 9.18 Å². The topological polar surface area (TPSA) is 51.2 Å². The van der Waals surface area contributed by atoms with E-state index in [-0.39, 0.29) is 23.4 Å². The zero-order chi connectivity index (χ0) is 12.1. The van der Waals surface area contributed by atoms with Crippen molar-refractivity contribution in [2.45, 2.75) is 20.3 Å². The number of ether oxygens (including phenoxy) is 1. The highest BCUT2D eigenvalue weighted by atomic mass is 19.1. The van der Waals surface area contributed by atoms with E-state index in [1.807, 2.05) is 13.8 Å². The molecule has 4 nitrogen and oxygen atoms in total. The second-order valence-electron chi connectivity index (χ2n) is 3.82. The lowest BCUT2D eigenvalue weighted by Gasteiger charge is -2.10. The summed E-state index contributed by atoms with van der Waals surface area (Å²) in [5.41, 5.74) is -0.00403. The van der Waals surface area contributed by atoms with Crippen LogP contribution in [-0.4, -0.2) is 18.0 Å². The van der Waals surface area contributed by atoms with Gasteiger partial charge in [0, 0.05) is 12.6 Å². The third-order valence-electron chi connectivity index (χ3n) is 1.92. The Morgan fingerprint density at radius 1 is 1.62 bits per heavy atom. The van der Waals surface area contributed by atoms with Crippen LogP contribution in [0.5, 0.6) is 5.88 Å². The number of carbonyl (C=O) groups excluding carboxylic acids is 1. The van der Waals surface area contributed by atoms with Gasteiger partial charge in [-0.2, -0.15) is 0 Å². The van der Waals surface area contributed by atoms with Gasteiger partial charge >= 0.3 is 0 Å². The minimum Gasteiger partial charge on any atom is -0.479 e. The second-order valence-corrected chi connectivity index (χ2v) is 3.82. The highest BCUT2D eigenvalue weighted by Crippen LogP contribution is 2.24. The Balaban J connectivity index is 2.83. The Bertz CT molecular complexity index is 380. The van der Waals surface area contributed by atoms with Crippen molar-refractivity contribution in [3.63, 3.8) is 0 Å². The lowest BCUT2D eigenvalue weighted by molar-refractivity contribution is -0.116. The van der Waals surface area contributed by atoms with Crippen molar-refractivity contribution in [2.24, 2.45) is 5.92 Å². The van der Waals surface area contributed by atoms with Gasteiger partial charge < -0.3 is 10.1 Å². The predicted molar refractivity (Wildman–Crippen MR) is 58.8 cm³/mol. The molecule has 0 unspecified atom stereocenters. The van der Waals surface area contributed by atoms with E-state index in [2.05, 4.69) is 10.3 Å². The first-order chi connectivity index (χ1) is 7.54. The van der Waals surface area contributed by atoms with Gasteiger partial charge in [-0.3, -0.25) is 4.79 Å². The molecule has 16 heavy (non-hydrogen) atoms. The highest BCUT2D eigenvalue weighted by Gasteiger charge is 2.14. The van der Waals surface area contributed by atoms with Crippen molar-refractivity contribution < 1.29 is 13.9 Å². The first kappa shape index (κ1) is 12.4. The normalized spacial score (nSPS) is 10.3. The lowest BCUT2D eigenvalue weighted by atomic mass is 10.1. The van der Waals surface area contributed by atoms with Gasteiger partial charge in [-0.1, -0.05) is 13.8 Å². The lowest BCUT2D eigenvalue weighted by Crippen LogP contribution is -2.15. The van der Waals surface area contributed by atoms with Crippen LogP contribution in [0.15, 0.2) is 12.3 Å². The molecule has 1 rings (SSSR count). The highest BCUT2D eigenvalue weighted by molar-refractivity contribution is 5.92. The molecule has 0 atom stereocenters. The van der Waals surface area contributed by atoms with Gasteiger partial charge in [-0.15, -0.1) is 0 Å². The van der Waals surface area contributed by atoms with Crippen LogP contribution in [0.1, 0.15) is 20.3 Å². The van der Waals surface area contributed by atoms with Crippen LogP contribution in [0.2, 0.25) is 0 Å². The first-order valence-electron chi connectivity index (χ1n) is 5.03. The number of pyridine rings is 1. The Morgan fingerprint density at radius 3 is 2.88 bits per heavy atom. The summed E-state index contributed by atoms with van der Waals surface area (Å²) in [7, 11) is 1.37. The number of aromatic nitrogens is 1. The summed E-state index contributed by atoms with van der Waals surface area (Å²) >= 11 is 0. The number of nitrogens with zero attached hydrogens (tertiary/aromatic N) is 1. The van der Waals surface area contributed by atoms with E-state index in [1.54, 1.807) is 0 Å². The molecule has 0 fully saturated rings. The van der Waals surface area contributed by atoms with Crippen LogP contribution in [-0.2, 0) is 4.79 Å². The Labute approximate surface area is 93.8 Å². The van der Waals surface area contributed by atoms with E-state index in [0.29, 0.717) is 6.42 Å². The third-order valence-corrected chi connectivity index (χ3v) is 1.92. The molecule has 1 aromatic rings. The summed E-state index contributed by atoms with van der Waals surface area (Å²) in [5, 5.41) is 2.46. The fourth-order valence-corrected chi connectivity index (χ4v) is 1.25. The quantitative estimate of drug-likeness (QED) is 0.856. The number of methoxy groups -OCH3 is 1. The van der Waals surface area contributed by atoms with E-state index in [4.69, 9.17) is 4.74 Å². The summed E-state index contributed by atoms with van der Waals surface area (Å²) in [5.74, 6) is -0.507. The monoisotopic (exact) mass is 226 g/mol. The van der Waals surface area contributed by atoms with Gasteiger partial charge in [0.2, 0.25) is 11.8 Å². The SMILES string of the molecule is COc1nccc(F)c1NC(=O)CC(C)C. The molecular formula is C11H15FN2O2. The molecule has 0 aliphatic rings.